The molecule has 3 heteroatoms. The van der Waals surface area contributed by atoms with Crippen molar-refractivity contribution in [3.8, 4) is 5.75 Å². The SMILES string of the molecule is Nc1ccccc1OCc1ccc(F)cc1. The molecule has 0 saturated carbocycles. The first-order valence-corrected chi connectivity index (χ1v) is 4.97. The Morgan fingerprint density at radius 1 is 1.00 bits per heavy atom. The number of rotatable bonds is 3. The fourth-order valence-corrected chi connectivity index (χ4v) is 1.35. The maximum absolute atomic E-state index is 12.7. The smallest absolute Gasteiger partial charge is 0.142 e. The number of hydrogen-bond donors (Lipinski definition) is 1. The maximum atomic E-state index is 12.7. The molecule has 0 aromatic heterocycles. The van der Waals surface area contributed by atoms with Crippen molar-refractivity contribution in [1.82, 2.24) is 0 Å². The fraction of sp³-hybridized carbons (Fsp3) is 0.0769. The minimum absolute atomic E-state index is 0.247. The van der Waals surface area contributed by atoms with E-state index in [2.05, 4.69) is 0 Å². The van der Waals surface area contributed by atoms with Crippen LogP contribution in [0.3, 0.4) is 0 Å². The molecule has 2 N–H and O–H groups in total. The maximum Gasteiger partial charge on any atom is 0.142 e. The number of halogens is 1. The predicted molar refractivity (Wildman–Crippen MR) is 61.6 cm³/mol. The summed E-state index contributed by atoms with van der Waals surface area (Å²) in [5.74, 6) is 0.398. The quantitative estimate of drug-likeness (QED) is 0.802. The Hall–Kier alpha value is -2.03. The summed E-state index contributed by atoms with van der Waals surface area (Å²) >= 11 is 0. The van der Waals surface area contributed by atoms with E-state index in [1.165, 1.54) is 12.1 Å². The minimum atomic E-state index is -0.247. The Kier molecular flexibility index (Phi) is 3.05. The molecule has 0 radical (unpaired) electrons. The number of ether oxygens (including phenoxy) is 1. The molecule has 0 spiro atoms. The van der Waals surface area contributed by atoms with Crippen molar-refractivity contribution in [2.45, 2.75) is 6.61 Å². The van der Waals surface area contributed by atoms with Gasteiger partial charge in [0.25, 0.3) is 0 Å². The second-order valence-corrected chi connectivity index (χ2v) is 3.45. The van der Waals surface area contributed by atoms with E-state index in [0.717, 1.165) is 5.56 Å². The summed E-state index contributed by atoms with van der Waals surface area (Å²) in [6.45, 7) is 0.383. The van der Waals surface area contributed by atoms with Gasteiger partial charge in [-0.05, 0) is 29.8 Å². The van der Waals surface area contributed by atoms with Crippen LogP contribution in [-0.4, -0.2) is 0 Å². The highest BCUT2D eigenvalue weighted by Crippen LogP contribution is 2.20. The average molecular weight is 217 g/mol. The lowest BCUT2D eigenvalue weighted by molar-refractivity contribution is 0.308. The van der Waals surface area contributed by atoms with Crippen molar-refractivity contribution in [1.29, 1.82) is 0 Å². The van der Waals surface area contributed by atoms with E-state index in [0.29, 0.717) is 18.0 Å². The van der Waals surface area contributed by atoms with Gasteiger partial charge in [0, 0.05) is 0 Å². The summed E-state index contributed by atoms with van der Waals surface area (Å²) in [6.07, 6.45) is 0. The van der Waals surface area contributed by atoms with Gasteiger partial charge in [0.15, 0.2) is 0 Å². The van der Waals surface area contributed by atoms with Crippen molar-refractivity contribution in [2.75, 3.05) is 5.73 Å². The molecule has 82 valence electrons. The highest BCUT2D eigenvalue weighted by Gasteiger charge is 1.99. The fourth-order valence-electron chi connectivity index (χ4n) is 1.35. The van der Waals surface area contributed by atoms with Crippen molar-refractivity contribution < 1.29 is 9.13 Å². The Balaban J connectivity index is 2.02. The molecule has 16 heavy (non-hydrogen) atoms. The van der Waals surface area contributed by atoms with Gasteiger partial charge in [0.2, 0.25) is 0 Å². The zero-order valence-corrected chi connectivity index (χ0v) is 8.69. The van der Waals surface area contributed by atoms with Crippen LogP contribution >= 0.6 is 0 Å². The van der Waals surface area contributed by atoms with Gasteiger partial charge in [-0.25, -0.2) is 4.39 Å². The molecule has 0 bridgehead atoms. The average Bonchev–Trinajstić information content (AvgIpc) is 2.30. The normalized spacial score (nSPS) is 10.1. The molecule has 0 unspecified atom stereocenters. The van der Waals surface area contributed by atoms with Crippen LogP contribution in [0.4, 0.5) is 10.1 Å². The van der Waals surface area contributed by atoms with Crippen molar-refractivity contribution >= 4 is 5.69 Å². The van der Waals surface area contributed by atoms with E-state index in [4.69, 9.17) is 10.5 Å². The molecule has 0 amide bonds. The van der Waals surface area contributed by atoms with Crippen LogP contribution in [0.1, 0.15) is 5.56 Å². The molecule has 0 saturated heterocycles. The topological polar surface area (TPSA) is 35.2 Å². The first-order valence-electron chi connectivity index (χ1n) is 4.97. The van der Waals surface area contributed by atoms with Crippen molar-refractivity contribution in [2.24, 2.45) is 0 Å². The van der Waals surface area contributed by atoms with Gasteiger partial charge < -0.3 is 10.5 Å². The third-order valence-corrected chi connectivity index (χ3v) is 2.23. The molecule has 0 aliphatic carbocycles. The molecule has 2 aromatic carbocycles. The van der Waals surface area contributed by atoms with Crippen LogP contribution < -0.4 is 10.5 Å². The largest absolute Gasteiger partial charge is 0.487 e. The summed E-state index contributed by atoms with van der Waals surface area (Å²) in [7, 11) is 0. The minimum Gasteiger partial charge on any atom is -0.487 e. The van der Waals surface area contributed by atoms with Gasteiger partial charge in [-0.3, -0.25) is 0 Å². The summed E-state index contributed by atoms with van der Waals surface area (Å²) < 4.78 is 18.2. The first-order chi connectivity index (χ1) is 7.75. The number of nitrogen functional groups attached to an aromatic ring is 1. The molecule has 2 aromatic rings. The second kappa shape index (κ2) is 4.66. The lowest BCUT2D eigenvalue weighted by Gasteiger charge is -2.08. The Labute approximate surface area is 93.5 Å². The number of anilines is 1. The molecule has 2 rings (SSSR count). The first kappa shape index (κ1) is 10.5. The standard InChI is InChI=1S/C13H12FNO/c14-11-7-5-10(6-8-11)9-16-13-4-2-1-3-12(13)15/h1-8H,9,15H2. The lowest BCUT2D eigenvalue weighted by Crippen LogP contribution is -1.98. The highest BCUT2D eigenvalue weighted by atomic mass is 19.1. The van der Waals surface area contributed by atoms with Crippen LogP contribution in [0.5, 0.6) is 5.75 Å². The Bertz CT molecular complexity index is 468. The van der Waals surface area contributed by atoms with Gasteiger partial charge in [-0.1, -0.05) is 24.3 Å². The van der Waals surface area contributed by atoms with Gasteiger partial charge >= 0.3 is 0 Å². The third-order valence-electron chi connectivity index (χ3n) is 2.23. The third kappa shape index (κ3) is 2.51. The van der Waals surface area contributed by atoms with Crippen LogP contribution in [0.25, 0.3) is 0 Å². The summed E-state index contributed by atoms with van der Waals surface area (Å²) in [5.41, 5.74) is 7.23. The van der Waals surface area contributed by atoms with Crippen LogP contribution in [0.15, 0.2) is 48.5 Å². The highest BCUT2D eigenvalue weighted by molar-refractivity contribution is 5.51. The van der Waals surface area contributed by atoms with E-state index < -0.39 is 0 Å². The van der Waals surface area contributed by atoms with E-state index in [-0.39, 0.29) is 5.82 Å². The molecular weight excluding hydrogens is 205 g/mol. The molecule has 2 nitrogen and oxygen atoms in total. The van der Waals surface area contributed by atoms with Crippen molar-refractivity contribution in [3.63, 3.8) is 0 Å². The Morgan fingerprint density at radius 2 is 1.69 bits per heavy atom. The number of nitrogens with two attached hydrogens (primary N) is 1. The molecule has 0 heterocycles. The van der Waals surface area contributed by atoms with Crippen molar-refractivity contribution in [3.05, 3.63) is 59.9 Å². The molecule has 0 fully saturated rings. The zero-order valence-electron chi connectivity index (χ0n) is 8.69. The van der Waals surface area contributed by atoms with Gasteiger partial charge in [0.05, 0.1) is 5.69 Å². The predicted octanol–water partition coefficient (Wildman–Crippen LogP) is 2.99. The molecular formula is C13H12FNO. The summed E-state index contributed by atoms with van der Waals surface area (Å²) in [4.78, 5) is 0. The summed E-state index contributed by atoms with van der Waals surface area (Å²) in [5, 5.41) is 0. The Morgan fingerprint density at radius 3 is 2.38 bits per heavy atom. The molecule has 0 aliphatic heterocycles. The van der Waals surface area contributed by atoms with E-state index in [1.54, 1.807) is 24.3 Å². The number of hydrogen-bond acceptors (Lipinski definition) is 2. The zero-order chi connectivity index (χ0) is 11.4. The monoisotopic (exact) mass is 217 g/mol. The second-order valence-electron chi connectivity index (χ2n) is 3.45. The van der Waals surface area contributed by atoms with Crippen LogP contribution in [0.2, 0.25) is 0 Å². The van der Waals surface area contributed by atoms with Gasteiger partial charge in [0.1, 0.15) is 18.2 Å². The lowest BCUT2D eigenvalue weighted by atomic mass is 10.2. The van der Waals surface area contributed by atoms with Gasteiger partial charge in [-0.15, -0.1) is 0 Å². The van der Waals surface area contributed by atoms with Gasteiger partial charge in [-0.2, -0.15) is 0 Å². The molecule has 0 aliphatic rings. The van der Waals surface area contributed by atoms with E-state index in [9.17, 15) is 4.39 Å². The summed E-state index contributed by atoms with van der Waals surface area (Å²) in [6, 6.07) is 13.5. The van der Waals surface area contributed by atoms with Crippen LogP contribution in [-0.2, 0) is 6.61 Å². The molecule has 0 atom stereocenters. The van der Waals surface area contributed by atoms with E-state index in [1.807, 2.05) is 12.1 Å². The van der Waals surface area contributed by atoms with E-state index >= 15 is 0 Å². The number of benzene rings is 2. The van der Waals surface area contributed by atoms with Crippen LogP contribution in [0, 0.1) is 5.82 Å². The number of para-hydroxylation sites is 2.